The van der Waals surface area contributed by atoms with E-state index < -0.39 is 434 Å². The third-order valence-electron chi connectivity index (χ3n) is 23.2. The van der Waals surface area contributed by atoms with Gasteiger partial charge in [0.2, 0.25) is 29.5 Å². The van der Waals surface area contributed by atoms with Gasteiger partial charge < -0.3 is 240 Å². The number of amides is 5. The second-order valence-electron chi connectivity index (χ2n) is 33.0. The average Bonchev–Trinajstić information content (AvgIpc) is 0.762. The summed E-state index contributed by atoms with van der Waals surface area (Å²) in [7, 11) is -16.8. The Morgan fingerprint density at radius 2 is 0.507 bits per heavy atom. The van der Waals surface area contributed by atoms with Crippen molar-refractivity contribution in [2.24, 2.45) is 0 Å². The molecule has 33 N–H and O–H groups in total. The summed E-state index contributed by atoms with van der Waals surface area (Å²) in [6, 6.07) is -10.3. The maximum absolute atomic E-state index is 13.2. The van der Waals surface area contributed by atoms with E-state index >= 15 is 0 Å². The van der Waals surface area contributed by atoms with Gasteiger partial charge in [0, 0.05) is 34.6 Å². The van der Waals surface area contributed by atoms with E-state index in [0.717, 1.165) is 34.6 Å². The van der Waals surface area contributed by atoms with E-state index in [1.54, 1.807) is 0 Å². The van der Waals surface area contributed by atoms with E-state index in [1.807, 2.05) is 0 Å². The SMILES string of the molecule is CC(=O)N[C@H]1[C@H](O[C@H]2[C@@H](O)[C@@H](CO)O[C@@H](O[C@H]3[C@H](O)[C@@H](NC(C)=O)[C@H](O[C@H]4[C@@H](O)[C@@H](CO)O[C@@H](O[C@H]5[C@H](O)[C@@H](NC(C)=O)[C@H](O[C@H]6[C@@H](O)[C@@H](CO)O[C@@H](O[C@H]7[C@H](O)[C@@H](NC(C)=O)[C@H](O[C@H]8[C@@H](O)[C@@H](CO)O[C@@H](O[C@@H]([C@@H](O)[C@H](O)CO)[C@H](CO)NC(C)=O)[C@@H]8O)O[C@@H]7CO)[C@@H]6O)O[C@@H]5COS(=O)(=O)O)[C@@H]4O)O[C@@H]3COS(=O)(=O)O)[C@@H]2O)O[C@H](COS(=O)(=O)O)[C@@H](O[C@@H]2O[C@H](CO)[C@H](O)[C@H](O)[C@H]2O)[C@@H]1O. The molecule has 0 saturated carbocycles. The molecule has 0 aromatic carbocycles. The number of aliphatic hydroxyl groups excluding tert-OH is 25. The standard InChI is InChI=1S/C70H119N5O60S3/c1-17(84)71-22(6-76)53(37(90)23(89)7-77)127-67-49(102)58(39(92)25(9-79)119-67)132-62-33(72-18(2)85)43(96)54(29(13-83)123-62)128-68-50(103)59(40(93)26(10-80)120-68)133-64-35(74-20(4)87)45(98)56(31(125-64)15-116-137(109,110)111)130-70-52(105)61(42(95)28(12-82)122-70)135-65-36(75-21(5)88)46(99)57(32(126-65)16-117-138(112,113)114)131-69-51(104)60(41(94)27(11-81)121-69)134-63-34(73-19(3)86)44(97)55(30(124-63)14-115-136(106,107)108)129-66-48(101)47(100)38(91)24(8-78)118-66/h22-70,76-83,89-105H,6-16H2,1-5H3,(H,71,84)(H,72,85)(H,73,86)(H,74,87)(H,75,88)(H,106,107,108)(H,109,110,111)(H,112,113,114)/t22-,23+,24+,25+,26+,27+,28+,29+,30+,31+,32+,33+,34+,35+,36+,37-,38-,39-,40-,41-,42-,43+,44+,45+,46+,47-,48+,49+,50+,51+,52+,53+,54+,55+,56+,57+,58-,59-,60-,61-,62-,63-,64-,65-,66-,67-,68-,69-,70-/m0/s1. The molecule has 0 aromatic heterocycles. The first-order chi connectivity index (χ1) is 64.6. The maximum atomic E-state index is 13.2. The van der Waals surface area contributed by atoms with Crippen LogP contribution in [0.2, 0.25) is 0 Å². The van der Waals surface area contributed by atoms with Crippen molar-refractivity contribution < 1.29 is 288 Å². The molecule has 9 aliphatic heterocycles. The van der Waals surface area contributed by atoms with Gasteiger partial charge in [0.05, 0.1) is 78.7 Å². The predicted octanol–water partition coefficient (Wildman–Crippen LogP) is -23.0. The van der Waals surface area contributed by atoms with Gasteiger partial charge in [0.15, 0.2) is 56.6 Å². The first-order valence-electron chi connectivity index (χ1n) is 42.0. The molecule has 9 heterocycles. The van der Waals surface area contributed by atoms with Gasteiger partial charge in [-0.1, -0.05) is 0 Å². The second-order valence-corrected chi connectivity index (χ2v) is 36.3. The summed E-state index contributed by atoms with van der Waals surface area (Å²) in [6.45, 7) is -9.87. The van der Waals surface area contributed by atoms with Crippen molar-refractivity contribution in [3.8, 4) is 0 Å². The molecule has 802 valence electrons. The van der Waals surface area contributed by atoms with Gasteiger partial charge in [0.25, 0.3) is 0 Å². The van der Waals surface area contributed by atoms with Crippen LogP contribution < -0.4 is 26.6 Å². The lowest BCUT2D eigenvalue weighted by molar-refractivity contribution is -0.389. The maximum Gasteiger partial charge on any atom is 0.397 e. The minimum absolute atomic E-state index is 0.783. The molecule has 9 aliphatic rings. The number of rotatable bonds is 43. The van der Waals surface area contributed by atoms with Gasteiger partial charge in [0.1, 0.15) is 238 Å². The molecular formula is C70H119N5O60S3. The Bertz CT molecular complexity index is 4230. The Morgan fingerprint density at radius 1 is 0.275 bits per heavy atom. The quantitative estimate of drug-likeness (QED) is 0.0252. The smallest absolute Gasteiger partial charge is 0.394 e. The fourth-order valence-corrected chi connectivity index (χ4v) is 17.4. The molecule has 5 amide bonds. The van der Waals surface area contributed by atoms with Crippen molar-refractivity contribution in [3.05, 3.63) is 0 Å². The van der Waals surface area contributed by atoms with E-state index in [4.69, 9.17) is 85.3 Å². The third kappa shape index (κ3) is 29.0. The van der Waals surface area contributed by atoms with Crippen molar-refractivity contribution in [1.29, 1.82) is 0 Å². The summed E-state index contributed by atoms with van der Waals surface area (Å²) in [6.07, 6.45) is -101. The normalized spacial score (nSPS) is 43.2. The number of nitrogens with one attached hydrogen (secondary N) is 5. The average molecular weight is 2090 g/mol. The number of aliphatic hydroxyl groups is 25. The summed E-state index contributed by atoms with van der Waals surface area (Å²) in [5.41, 5.74) is 0. The van der Waals surface area contributed by atoms with Gasteiger partial charge >= 0.3 is 31.2 Å². The topological polar surface area (TPSA) is 1010 Å². The highest BCUT2D eigenvalue weighted by Gasteiger charge is 2.63. The summed E-state index contributed by atoms with van der Waals surface area (Å²) in [5.74, 6) is -5.22. The molecule has 0 aliphatic carbocycles. The van der Waals surface area contributed by atoms with E-state index in [1.165, 1.54) is 0 Å². The van der Waals surface area contributed by atoms with E-state index in [2.05, 4.69) is 39.1 Å². The van der Waals surface area contributed by atoms with Gasteiger partial charge in [-0.25, -0.2) is 12.5 Å². The second kappa shape index (κ2) is 50.6. The van der Waals surface area contributed by atoms with Gasteiger partial charge in [-0.2, -0.15) is 25.3 Å². The molecule has 0 radical (unpaired) electrons. The zero-order valence-corrected chi connectivity index (χ0v) is 75.3. The highest BCUT2D eigenvalue weighted by Crippen LogP contribution is 2.42. The number of carbonyl (C=O) groups excluding carboxylic acids is 5. The van der Waals surface area contributed by atoms with Crippen LogP contribution in [-0.2, 0) is 153 Å². The van der Waals surface area contributed by atoms with E-state index in [-0.39, 0.29) is 0 Å². The lowest BCUT2D eigenvalue weighted by Crippen LogP contribution is -2.71. The monoisotopic (exact) mass is 2090 g/mol. The lowest BCUT2D eigenvalue weighted by atomic mass is 9.93. The molecule has 0 aromatic rings. The first kappa shape index (κ1) is 117. The molecule has 0 unspecified atom stereocenters. The molecule has 0 bridgehead atoms. The molecule has 138 heavy (non-hydrogen) atoms. The Morgan fingerprint density at radius 3 is 0.754 bits per heavy atom. The zero-order chi connectivity index (χ0) is 103. The van der Waals surface area contributed by atoms with Crippen molar-refractivity contribution in [3.63, 3.8) is 0 Å². The highest BCUT2D eigenvalue weighted by molar-refractivity contribution is 7.81. The van der Waals surface area contributed by atoms with Crippen molar-refractivity contribution in [1.82, 2.24) is 26.6 Å². The van der Waals surface area contributed by atoms with Crippen LogP contribution in [0.4, 0.5) is 0 Å². The summed E-state index contributed by atoms with van der Waals surface area (Å²) in [5, 5.41) is 291. The molecule has 65 nitrogen and oxygen atoms in total. The molecular weight excluding hydrogens is 1970 g/mol. The molecule has 49 atom stereocenters. The molecule has 0 spiro atoms. The third-order valence-corrected chi connectivity index (χ3v) is 24.5. The van der Waals surface area contributed by atoms with Gasteiger partial charge in [-0.15, -0.1) is 0 Å². The van der Waals surface area contributed by atoms with Crippen LogP contribution in [0.3, 0.4) is 0 Å². The fourth-order valence-electron chi connectivity index (χ4n) is 16.5. The van der Waals surface area contributed by atoms with Crippen LogP contribution >= 0.6 is 0 Å². The molecule has 68 heteroatoms. The highest BCUT2D eigenvalue weighted by atomic mass is 32.3. The number of ether oxygens (including phenoxy) is 18. The van der Waals surface area contributed by atoms with Gasteiger partial charge in [-0.05, 0) is 0 Å². The van der Waals surface area contributed by atoms with Crippen LogP contribution in [0.25, 0.3) is 0 Å². The predicted molar refractivity (Wildman–Crippen MR) is 421 cm³/mol. The van der Waals surface area contributed by atoms with Crippen molar-refractivity contribution in [2.45, 2.75) is 335 Å². The van der Waals surface area contributed by atoms with E-state index in [0.29, 0.717) is 0 Å². The minimum Gasteiger partial charge on any atom is -0.394 e. The Kier molecular flexibility index (Phi) is 42.8. The van der Waals surface area contributed by atoms with Crippen molar-refractivity contribution in [2.75, 3.05) is 72.7 Å². The molecule has 9 rings (SSSR count). The van der Waals surface area contributed by atoms with Crippen LogP contribution in [0.5, 0.6) is 0 Å². The molecule has 9 fully saturated rings. The van der Waals surface area contributed by atoms with Gasteiger partial charge in [-0.3, -0.25) is 37.6 Å². The van der Waals surface area contributed by atoms with E-state index in [9.17, 15) is 191 Å². The first-order valence-corrected chi connectivity index (χ1v) is 46.1. The van der Waals surface area contributed by atoms with Crippen LogP contribution in [0.15, 0.2) is 0 Å². The summed E-state index contributed by atoms with van der Waals surface area (Å²) >= 11 is 0. The lowest BCUT2D eigenvalue weighted by Gasteiger charge is -2.51. The number of hydrogen-bond donors (Lipinski definition) is 33. The Labute approximate surface area is 780 Å². The largest absolute Gasteiger partial charge is 0.397 e. The Hall–Kier alpha value is -4.76. The number of hydrogen-bond acceptors (Lipinski definition) is 57. The van der Waals surface area contributed by atoms with Crippen LogP contribution in [0.1, 0.15) is 34.6 Å². The summed E-state index contributed by atoms with van der Waals surface area (Å²) < 4.78 is 221. The van der Waals surface area contributed by atoms with Crippen molar-refractivity contribution >= 4 is 60.7 Å². The van der Waals surface area contributed by atoms with Crippen LogP contribution in [-0.4, -0.2) is 569 Å². The minimum atomic E-state index is -5.67. The summed E-state index contributed by atoms with van der Waals surface area (Å²) in [4.78, 5) is 64.3. The molecule has 9 saturated heterocycles. The van der Waals surface area contributed by atoms with Crippen LogP contribution in [0, 0.1) is 0 Å². The number of carbonyl (C=O) groups is 5. The zero-order valence-electron chi connectivity index (χ0n) is 72.9. The Balaban J connectivity index is 0.960. The fraction of sp³-hybridized carbons (Fsp3) is 0.929.